The van der Waals surface area contributed by atoms with Crippen molar-refractivity contribution < 1.29 is 14.1 Å². The van der Waals surface area contributed by atoms with Crippen molar-refractivity contribution in [2.45, 2.75) is 6.92 Å². The molecule has 0 radical (unpaired) electrons. The van der Waals surface area contributed by atoms with E-state index in [2.05, 4.69) is 0 Å². The zero-order chi connectivity index (χ0) is 15.6. The van der Waals surface area contributed by atoms with Gasteiger partial charge in [-0.25, -0.2) is 4.39 Å². The van der Waals surface area contributed by atoms with E-state index >= 15 is 0 Å². The number of nitrogens with two attached hydrogens (primary N) is 1. The number of nitro benzene ring substituents is 1. The standard InChI is InChI=1S/C14H12FN3O3/c1-8-2-5-12(10(6-8)14(16)17)21-13-7-9(15)3-4-11(13)18(19)20/h2-7H,1H3,(H3,16,17). The van der Waals surface area contributed by atoms with Crippen molar-refractivity contribution in [3.63, 3.8) is 0 Å². The fourth-order valence-corrected chi connectivity index (χ4v) is 1.78. The Labute approximate surface area is 119 Å². The van der Waals surface area contributed by atoms with Crippen LogP contribution in [-0.2, 0) is 0 Å². The molecule has 0 heterocycles. The zero-order valence-electron chi connectivity index (χ0n) is 11.1. The molecule has 0 aliphatic rings. The fourth-order valence-electron chi connectivity index (χ4n) is 1.78. The maximum absolute atomic E-state index is 13.3. The number of benzene rings is 2. The summed E-state index contributed by atoms with van der Waals surface area (Å²) in [5.74, 6) is -0.993. The van der Waals surface area contributed by atoms with Gasteiger partial charge in [-0.15, -0.1) is 0 Å². The van der Waals surface area contributed by atoms with Crippen LogP contribution in [0.15, 0.2) is 36.4 Å². The van der Waals surface area contributed by atoms with Gasteiger partial charge in [0.2, 0.25) is 5.75 Å². The molecule has 0 amide bonds. The molecule has 0 aromatic heterocycles. The van der Waals surface area contributed by atoms with Gasteiger partial charge in [-0.05, 0) is 25.1 Å². The smallest absolute Gasteiger partial charge is 0.311 e. The Morgan fingerprint density at radius 3 is 2.62 bits per heavy atom. The molecule has 21 heavy (non-hydrogen) atoms. The van der Waals surface area contributed by atoms with Gasteiger partial charge in [0.25, 0.3) is 0 Å². The number of nitrogens with one attached hydrogen (secondary N) is 1. The number of nitrogens with zero attached hydrogens (tertiary/aromatic N) is 1. The quantitative estimate of drug-likeness (QED) is 0.390. The van der Waals surface area contributed by atoms with Crippen molar-refractivity contribution in [1.82, 2.24) is 0 Å². The van der Waals surface area contributed by atoms with Gasteiger partial charge >= 0.3 is 5.69 Å². The average molecular weight is 289 g/mol. The number of halogens is 1. The van der Waals surface area contributed by atoms with E-state index in [1.807, 2.05) is 0 Å². The molecule has 7 heteroatoms. The lowest BCUT2D eigenvalue weighted by Crippen LogP contribution is -2.12. The van der Waals surface area contributed by atoms with Crippen molar-refractivity contribution >= 4 is 11.5 Å². The van der Waals surface area contributed by atoms with Crippen LogP contribution in [0.2, 0.25) is 0 Å². The minimum absolute atomic E-state index is 0.154. The molecule has 0 aliphatic heterocycles. The number of aryl methyl sites for hydroxylation is 1. The molecule has 3 N–H and O–H groups in total. The summed E-state index contributed by atoms with van der Waals surface area (Å²) in [6.45, 7) is 1.81. The summed E-state index contributed by atoms with van der Waals surface area (Å²) in [6, 6.07) is 7.76. The number of ether oxygens (including phenoxy) is 1. The van der Waals surface area contributed by atoms with Gasteiger partial charge in [0.1, 0.15) is 17.4 Å². The summed E-state index contributed by atoms with van der Waals surface area (Å²) in [4.78, 5) is 10.3. The van der Waals surface area contributed by atoms with Gasteiger partial charge in [-0.3, -0.25) is 15.5 Å². The van der Waals surface area contributed by atoms with E-state index in [0.717, 1.165) is 23.8 Å². The summed E-state index contributed by atoms with van der Waals surface area (Å²) in [6.07, 6.45) is 0. The Balaban J connectivity index is 2.50. The lowest BCUT2D eigenvalue weighted by atomic mass is 10.1. The van der Waals surface area contributed by atoms with Crippen LogP contribution in [0.4, 0.5) is 10.1 Å². The van der Waals surface area contributed by atoms with Crippen molar-refractivity contribution in [3.05, 3.63) is 63.5 Å². The lowest BCUT2D eigenvalue weighted by molar-refractivity contribution is -0.385. The van der Waals surface area contributed by atoms with E-state index in [1.165, 1.54) is 6.07 Å². The molecule has 0 fully saturated rings. The third-order valence-electron chi connectivity index (χ3n) is 2.76. The second-order valence-electron chi connectivity index (χ2n) is 4.38. The summed E-state index contributed by atoms with van der Waals surface area (Å²) in [7, 11) is 0. The number of nitro groups is 1. The molecule has 0 unspecified atom stereocenters. The van der Waals surface area contributed by atoms with E-state index in [1.54, 1.807) is 19.1 Å². The van der Waals surface area contributed by atoms with Crippen LogP contribution in [0.25, 0.3) is 0 Å². The molecular weight excluding hydrogens is 277 g/mol. The highest BCUT2D eigenvalue weighted by atomic mass is 19.1. The normalized spacial score (nSPS) is 10.2. The van der Waals surface area contributed by atoms with Crippen LogP contribution in [-0.4, -0.2) is 10.8 Å². The first-order valence-electron chi connectivity index (χ1n) is 5.95. The van der Waals surface area contributed by atoms with Crippen LogP contribution in [0.5, 0.6) is 11.5 Å². The number of nitrogen functional groups attached to an aromatic ring is 1. The minimum atomic E-state index is -0.670. The van der Waals surface area contributed by atoms with Gasteiger partial charge in [0.05, 0.1) is 10.5 Å². The predicted molar refractivity (Wildman–Crippen MR) is 75.3 cm³/mol. The molecular formula is C14H12FN3O3. The molecule has 0 aliphatic carbocycles. The minimum Gasteiger partial charge on any atom is -0.449 e. The lowest BCUT2D eigenvalue weighted by Gasteiger charge is -2.11. The van der Waals surface area contributed by atoms with Gasteiger partial charge < -0.3 is 10.5 Å². The summed E-state index contributed by atoms with van der Waals surface area (Å²) < 4.78 is 18.7. The van der Waals surface area contributed by atoms with Crippen molar-refractivity contribution in [2.75, 3.05) is 0 Å². The summed E-state index contributed by atoms with van der Waals surface area (Å²) in [5.41, 5.74) is 6.23. The van der Waals surface area contributed by atoms with Crippen molar-refractivity contribution in [2.24, 2.45) is 5.73 Å². The molecule has 0 saturated carbocycles. The highest BCUT2D eigenvalue weighted by Gasteiger charge is 2.18. The van der Waals surface area contributed by atoms with Gasteiger partial charge in [0, 0.05) is 12.1 Å². The first-order chi connectivity index (χ1) is 9.88. The zero-order valence-corrected chi connectivity index (χ0v) is 11.1. The number of amidine groups is 1. The molecule has 0 atom stereocenters. The first kappa shape index (κ1) is 14.4. The van der Waals surface area contributed by atoms with Crippen molar-refractivity contribution in [1.29, 1.82) is 5.41 Å². The number of rotatable bonds is 4. The highest BCUT2D eigenvalue weighted by Crippen LogP contribution is 2.33. The average Bonchev–Trinajstić information content (AvgIpc) is 2.40. The molecule has 0 spiro atoms. The Hall–Kier alpha value is -2.96. The molecule has 0 bridgehead atoms. The second-order valence-corrected chi connectivity index (χ2v) is 4.38. The Kier molecular flexibility index (Phi) is 3.84. The third-order valence-corrected chi connectivity index (χ3v) is 2.76. The van der Waals surface area contributed by atoms with E-state index in [0.29, 0.717) is 0 Å². The van der Waals surface area contributed by atoms with Gasteiger partial charge in [-0.2, -0.15) is 0 Å². The van der Waals surface area contributed by atoms with Crippen molar-refractivity contribution in [3.8, 4) is 11.5 Å². The van der Waals surface area contributed by atoms with Crippen LogP contribution < -0.4 is 10.5 Å². The van der Waals surface area contributed by atoms with E-state index < -0.39 is 10.7 Å². The fraction of sp³-hybridized carbons (Fsp3) is 0.0714. The van der Waals surface area contributed by atoms with Gasteiger partial charge in [-0.1, -0.05) is 11.6 Å². The molecule has 2 aromatic rings. The van der Waals surface area contributed by atoms with E-state index in [9.17, 15) is 14.5 Å². The highest BCUT2D eigenvalue weighted by molar-refractivity contribution is 5.97. The summed E-state index contributed by atoms with van der Waals surface area (Å²) >= 11 is 0. The molecule has 0 saturated heterocycles. The largest absolute Gasteiger partial charge is 0.449 e. The summed E-state index contributed by atoms with van der Waals surface area (Å²) in [5, 5.41) is 18.4. The van der Waals surface area contributed by atoms with E-state index in [4.69, 9.17) is 15.9 Å². The second kappa shape index (κ2) is 5.58. The number of hydrogen-bond donors (Lipinski definition) is 2. The maximum Gasteiger partial charge on any atom is 0.311 e. The third kappa shape index (κ3) is 3.14. The van der Waals surface area contributed by atoms with Crippen LogP contribution in [0, 0.1) is 28.3 Å². The Bertz CT molecular complexity index is 731. The van der Waals surface area contributed by atoms with Crippen LogP contribution in [0.1, 0.15) is 11.1 Å². The topological polar surface area (TPSA) is 102 Å². The van der Waals surface area contributed by atoms with Gasteiger partial charge in [0.15, 0.2) is 0 Å². The Morgan fingerprint density at radius 2 is 2.00 bits per heavy atom. The monoisotopic (exact) mass is 289 g/mol. The predicted octanol–water partition coefficient (Wildman–Crippen LogP) is 3.12. The first-order valence-corrected chi connectivity index (χ1v) is 5.95. The van der Waals surface area contributed by atoms with Crippen LogP contribution >= 0.6 is 0 Å². The van der Waals surface area contributed by atoms with E-state index in [-0.39, 0.29) is 28.6 Å². The molecule has 108 valence electrons. The Morgan fingerprint density at radius 1 is 1.29 bits per heavy atom. The molecule has 2 rings (SSSR count). The molecule has 6 nitrogen and oxygen atoms in total. The maximum atomic E-state index is 13.3. The van der Waals surface area contributed by atoms with Crippen LogP contribution in [0.3, 0.4) is 0 Å². The molecule has 2 aromatic carbocycles. The number of hydrogen-bond acceptors (Lipinski definition) is 4. The SMILES string of the molecule is Cc1ccc(Oc2cc(F)ccc2[N+](=O)[O-])c(C(=N)N)c1.